The van der Waals surface area contributed by atoms with Gasteiger partial charge in [0, 0.05) is 15.1 Å². The molecule has 0 bridgehead atoms. The Morgan fingerprint density at radius 1 is 1.27 bits per heavy atom. The third-order valence-corrected chi connectivity index (χ3v) is 4.06. The van der Waals surface area contributed by atoms with Gasteiger partial charge >= 0.3 is 16.0 Å². The van der Waals surface area contributed by atoms with Gasteiger partial charge in [-0.25, -0.2) is 9.59 Å². The highest BCUT2D eigenvalue weighted by molar-refractivity contribution is 7.21. The first-order valence-corrected chi connectivity index (χ1v) is 7.91. The van der Waals surface area contributed by atoms with Crippen LogP contribution in [0.3, 0.4) is 0 Å². The van der Waals surface area contributed by atoms with Gasteiger partial charge in [-0.3, -0.25) is 5.32 Å². The van der Waals surface area contributed by atoms with Crippen molar-refractivity contribution in [3.63, 3.8) is 0 Å². The average Bonchev–Trinajstić information content (AvgIpc) is 2.73. The molecule has 1 amide bonds. The molecule has 0 aliphatic heterocycles. The van der Waals surface area contributed by atoms with E-state index in [1.165, 1.54) is 7.11 Å². The Balaban J connectivity index is 2.45. The van der Waals surface area contributed by atoms with Crippen LogP contribution < -0.4 is 5.32 Å². The minimum atomic E-state index is -2.22. The number of methoxy groups -OCH3 is 1. The minimum Gasteiger partial charge on any atom is -0.465 e. The van der Waals surface area contributed by atoms with Crippen molar-refractivity contribution < 1.29 is 19.1 Å². The Labute approximate surface area is 149 Å². The Kier molecular flexibility index (Phi) is 5.29. The van der Waals surface area contributed by atoms with Crippen LogP contribution in [0.4, 0.5) is 10.5 Å². The second kappa shape index (κ2) is 6.68. The highest BCUT2D eigenvalue weighted by Crippen LogP contribution is 2.38. The van der Waals surface area contributed by atoms with Gasteiger partial charge < -0.3 is 9.47 Å². The number of anilines is 1. The summed E-state index contributed by atoms with van der Waals surface area (Å²) in [5.41, 5.74) is 0.197. The molecule has 0 spiro atoms. The zero-order chi connectivity index (χ0) is 16.5. The van der Waals surface area contributed by atoms with E-state index in [9.17, 15) is 9.59 Å². The molecule has 0 saturated heterocycles. The smallest absolute Gasteiger partial charge is 0.415 e. The topological polar surface area (TPSA) is 64.6 Å². The van der Waals surface area contributed by atoms with Crippen LogP contribution in [0.2, 0.25) is 5.02 Å². The quantitative estimate of drug-likeness (QED) is 0.552. The van der Waals surface area contributed by atoms with Crippen molar-refractivity contribution in [2.24, 2.45) is 0 Å². The van der Waals surface area contributed by atoms with Crippen LogP contribution in [0.5, 0.6) is 0 Å². The molecule has 0 fully saturated rings. The van der Waals surface area contributed by atoms with Gasteiger partial charge in [-0.05, 0) is 53.0 Å². The lowest BCUT2D eigenvalue weighted by Gasteiger charge is -2.13. The van der Waals surface area contributed by atoms with E-state index in [1.54, 1.807) is 18.2 Å². The molecule has 22 heavy (non-hydrogen) atoms. The highest BCUT2D eigenvalue weighted by Gasteiger charge is 2.27. The molecule has 1 N–H and O–H groups in total. The Bertz CT molecular complexity index is 741. The number of halogens is 4. The standard InChI is InChI=1S/C12H7Cl4NO4S/c1-20-10(18)9-8(17-11(19)21-12(14,15)16)6-3-2-5(13)4-7(6)22-9/h2-4H,1H3,(H,17,19). The van der Waals surface area contributed by atoms with Gasteiger partial charge in [-0.15, -0.1) is 11.3 Å². The molecule has 1 aromatic heterocycles. The van der Waals surface area contributed by atoms with Crippen molar-refractivity contribution in [2.45, 2.75) is 3.98 Å². The van der Waals surface area contributed by atoms with E-state index in [2.05, 4.69) is 14.8 Å². The van der Waals surface area contributed by atoms with Crippen molar-refractivity contribution in [3.8, 4) is 0 Å². The highest BCUT2D eigenvalue weighted by atomic mass is 35.6. The zero-order valence-corrected chi connectivity index (χ0v) is 14.6. The summed E-state index contributed by atoms with van der Waals surface area (Å²) in [7, 11) is 1.23. The summed E-state index contributed by atoms with van der Waals surface area (Å²) >= 11 is 23.1. The van der Waals surface area contributed by atoms with Crippen LogP contribution >= 0.6 is 57.7 Å². The van der Waals surface area contributed by atoms with Gasteiger partial charge in [0.15, 0.2) is 0 Å². The zero-order valence-electron chi connectivity index (χ0n) is 10.8. The first kappa shape index (κ1) is 17.4. The molecule has 118 valence electrons. The number of hydrogen-bond donors (Lipinski definition) is 1. The van der Waals surface area contributed by atoms with E-state index in [0.717, 1.165) is 11.3 Å². The fourth-order valence-electron chi connectivity index (χ4n) is 1.66. The minimum absolute atomic E-state index is 0.168. The van der Waals surface area contributed by atoms with E-state index in [-0.39, 0.29) is 10.6 Å². The first-order chi connectivity index (χ1) is 10.2. The molecule has 2 aromatic rings. The molecule has 0 unspecified atom stereocenters. The predicted octanol–water partition coefficient (Wildman–Crippen LogP) is 5.22. The summed E-state index contributed by atoms with van der Waals surface area (Å²) in [6.07, 6.45) is -1.03. The van der Waals surface area contributed by atoms with Crippen LogP contribution in [0.1, 0.15) is 9.67 Å². The summed E-state index contributed by atoms with van der Waals surface area (Å²) < 4.78 is 7.67. The fraction of sp³-hybridized carbons (Fsp3) is 0.167. The number of amides is 1. The number of hydrogen-bond acceptors (Lipinski definition) is 5. The van der Waals surface area contributed by atoms with E-state index < -0.39 is 16.0 Å². The summed E-state index contributed by atoms with van der Waals surface area (Å²) in [4.78, 5) is 23.7. The summed E-state index contributed by atoms with van der Waals surface area (Å²) in [6, 6.07) is 4.91. The Morgan fingerprint density at radius 2 is 1.95 bits per heavy atom. The van der Waals surface area contributed by atoms with Crippen molar-refractivity contribution >= 4 is 85.6 Å². The maximum absolute atomic E-state index is 11.8. The predicted molar refractivity (Wildman–Crippen MR) is 88.6 cm³/mol. The fourth-order valence-corrected chi connectivity index (χ4v) is 3.23. The van der Waals surface area contributed by atoms with E-state index in [1.807, 2.05) is 0 Å². The molecule has 10 heteroatoms. The van der Waals surface area contributed by atoms with Crippen molar-refractivity contribution in [3.05, 3.63) is 28.1 Å². The van der Waals surface area contributed by atoms with Crippen LogP contribution in [-0.2, 0) is 9.47 Å². The molecule has 0 atom stereocenters. The maximum atomic E-state index is 11.8. The molecular weight excluding hydrogens is 396 g/mol. The van der Waals surface area contributed by atoms with Crippen molar-refractivity contribution in [2.75, 3.05) is 12.4 Å². The van der Waals surface area contributed by atoms with Gasteiger partial charge in [0.05, 0.1) is 12.8 Å². The number of carbonyl (C=O) groups is 2. The monoisotopic (exact) mass is 401 g/mol. The van der Waals surface area contributed by atoms with Crippen LogP contribution in [0.25, 0.3) is 10.1 Å². The number of fused-ring (bicyclic) bond motifs is 1. The third-order valence-electron chi connectivity index (χ3n) is 2.46. The molecule has 5 nitrogen and oxygen atoms in total. The second-order valence-electron chi connectivity index (χ2n) is 3.90. The molecule has 2 rings (SSSR count). The number of thiophene rings is 1. The number of alkyl halides is 3. The van der Waals surface area contributed by atoms with Crippen LogP contribution in [0.15, 0.2) is 18.2 Å². The van der Waals surface area contributed by atoms with Crippen LogP contribution in [0, 0.1) is 0 Å². The number of nitrogens with one attached hydrogen (secondary N) is 1. The third kappa shape index (κ3) is 4.08. The SMILES string of the molecule is COC(=O)c1sc2cc(Cl)ccc2c1NC(=O)OC(Cl)(Cl)Cl. The molecule has 1 aromatic carbocycles. The lowest BCUT2D eigenvalue weighted by Crippen LogP contribution is -2.22. The second-order valence-corrected chi connectivity index (χ2v) is 7.56. The van der Waals surface area contributed by atoms with Gasteiger partial charge in [0.25, 0.3) is 0 Å². The van der Waals surface area contributed by atoms with Gasteiger partial charge in [-0.2, -0.15) is 0 Å². The molecule has 0 aliphatic rings. The molecule has 0 radical (unpaired) electrons. The van der Waals surface area contributed by atoms with Crippen molar-refractivity contribution in [1.82, 2.24) is 0 Å². The first-order valence-electron chi connectivity index (χ1n) is 5.58. The average molecular weight is 403 g/mol. The lowest BCUT2D eigenvalue weighted by atomic mass is 10.2. The van der Waals surface area contributed by atoms with Gasteiger partial charge in [0.1, 0.15) is 4.88 Å². The molecule has 0 aliphatic carbocycles. The maximum Gasteiger partial charge on any atom is 0.415 e. The Morgan fingerprint density at radius 3 is 2.55 bits per heavy atom. The van der Waals surface area contributed by atoms with Gasteiger partial charge in [-0.1, -0.05) is 11.6 Å². The normalized spacial score (nSPS) is 11.3. The number of esters is 1. The number of rotatable bonds is 2. The van der Waals surface area contributed by atoms with E-state index >= 15 is 0 Å². The lowest BCUT2D eigenvalue weighted by molar-refractivity contribution is 0.0607. The van der Waals surface area contributed by atoms with Gasteiger partial charge in [0.2, 0.25) is 0 Å². The summed E-state index contributed by atoms with van der Waals surface area (Å²) in [6.45, 7) is 0. The number of ether oxygens (including phenoxy) is 2. The summed E-state index contributed by atoms with van der Waals surface area (Å²) in [5, 5.41) is 3.44. The number of carbonyl (C=O) groups excluding carboxylic acids is 2. The molecule has 1 heterocycles. The van der Waals surface area contributed by atoms with E-state index in [4.69, 9.17) is 46.4 Å². The number of benzene rings is 1. The van der Waals surface area contributed by atoms with E-state index in [0.29, 0.717) is 15.1 Å². The van der Waals surface area contributed by atoms with Crippen molar-refractivity contribution in [1.29, 1.82) is 0 Å². The Hall–Kier alpha value is -0.920. The van der Waals surface area contributed by atoms with Crippen LogP contribution in [-0.4, -0.2) is 23.2 Å². The largest absolute Gasteiger partial charge is 0.465 e. The summed E-state index contributed by atoms with van der Waals surface area (Å²) in [5.74, 6) is -0.624. The molecular formula is C12H7Cl4NO4S. The molecule has 0 saturated carbocycles.